The van der Waals surface area contributed by atoms with Gasteiger partial charge >= 0.3 is 0 Å². The number of aromatic nitrogens is 2. The molecule has 0 radical (unpaired) electrons. The first-order valence-corrected chi connectivity index (χ1v) is 5.96. The van der Waals surface area contributed by atoms with Crippen LogP contribution in [0.2, 0.25) is 0 Å². The first-order valence-electron chi connectivity index (χ1n) is 5.96. The molecule has 82 valence electrons. The molecule has 0 amide bonds. The topological polar surface area (TPSA) is 17.8 Å². The van der Waals surface area contributed by atoms with Gasteiger partial charge in [-0.1, -0.05) is 24.3 Å². The van der Waals surface area contributed by atoms with Gasteiger partial charge < -0.3 is 4.57 Å². The van der Waals surface area contributed by atoms with Crippen LogP contribution in [0.15, 0.2) is 30.5 Å². The first kappa shape index (κ1) is 9.64. The minimum Gasteiger partial charge on any atom is -0.334 e. The second-order valence-corrected chi connectivity index (χ2v) is 4.51. The summed E-state index contributed by atoms with van der Waals surface area (Å²) in [7, 11) is 0. The Morgan fingerprint density at radius 1 is 1.19 bits per heavy atom. The SMILES string of the molecule is Cc1ccccc1-c1cn2c(n1)CCCC2. The van der Waals surface area contributed by atoms with E-state index in [4.69, 9.17) is 4.98 Å². The van der Waals surface area contributed by atoms with Gasteiger partial charge in [-0.3, -0.25) is 0 Å². The molecule has 0 bridgehead atoms. The standard InChI is InChI=1S/C14H16N2/c1-11-6-2-3-7-12(11)13-10-16-9-5-4-8-14(16)15-13/h2-3,6-7,10H,4-5,8-9H2,1H3. The van der Waals surface area contributed by atoms with E-state index in [-0.39, 0.29) is 0 Å². The van der Waals surface area contributed by atoms with Crippen LogP contribution in [-0.4, -0.2) is 9.55 Å². The number of fused-ring (bicyclic) bond motifs is 1. The van der Waals surface area contributed by atoms with Crippen molar-refractivity contribution in [1.29, 1.82) is 0 Å². The predicted molar refractivity (Wildman–Crippen MR) is 65.3 cm³/mol. The predicted octanol–water partition coefficient (Wildman–Crippen LogP) is 3.19. The molecule has 0 N–H and O–H groups in total. The third kappa shape index (κ3) is 1.54. The van der Waals surface area contributed by atoms with E-state index < -0.39 is 0 Å². The average molecular weight is 212 g/mol. The van der Waals surface area contributed by atoms with Crippen LogP contribution in [0.5, 0.6) is 0 Å². The maximum atomic E-state index is 4.74. The lowest BCUT2D eigenvalue weighted by atomic mass is 10.1. The van der Waals surface area contributed by atoms with Crippen LogP contribution in [0.1, 0.15) is 24.2 Å². The molecular formula is C14H16N2. The molecule has 0 spiro atoms. The van der Waals surface area contributed by atoms with E-state index in [1.54, 1.807) is 0 Å². The molecule has 1 aliphatic rings. The fourth-order valence-electron chi connectivity index (χ4n) is 2.40. The number of hydrogen-bond donors (Lipinski definition) is 0. The normalized spacial score (nSPS) is 14.8. The van der Waals surface area contributed by atoms with Crippen molar-refractivity contribution in [3.8, 4) is 11.3 Å². The Morgan fingerprint density at radius 2 is 2.06 bits per heavy atom. The second-order valence-electron chi connectivity index (χ2n) is 4.51. The molecule has 1 aliphatic heterocycles. The van der Waals surface area contributed by atoms with Crippen molar-refractivity contribution in [3.05, 3.63) is 41.9 Å². The molecule has 0 unspecified atom stereocenters. The minimum atomic E-state index is 1.13. The van der Waals surface area contributed by atoms with Crippen molar-refractivity contribution in [2.45, 2.75) is 32.7 Å². The lowest BCUT2D eigenvalue weighted by Crippen LogP contribution is -2.08. The molecule has 1 aromatic heterocycles. The van der Waals surface area contributed by atoms with Crippen LogP contribution in [0.3, 0.4) is 0 Å². The third-order valence-corrected chi connectivity index (χ3v) is 3.33. The van der Waals surface area contributed by atoms with Crippen LogP contribution in [-0.2, 0) is 13.0 Å². The van der Waals surface area contributed by atoms with Gasteiger partial charge in [-0.25, -0.2) is 4.98 Å². The highest BCUT2D eigenvalue weighted by Gasteiger charge is 2.13. The zero-order valence-corrected chi connectivity index (χ0v) is 9.61. The molecule has 0 saturated heterocycles. The van der Waals surface area contributed by atoms with Crippen molar-refractivity contribution in [3.63, 3.8) is 0 Å². The van der Waals surface area contributed by atoms with Gasteiger partial charge in [-0.2, -0.15) is 0 Å². The lowest BCUT2D eigenvalue weighted by Gasteiger charge is -2.11. The molecule has 16 heavy (non-hydrogen) atoms. The Labute approximate surface area is 95.9 Å². The van der Waals surface area contributed by atoms with Crippen molar-refractivity contribution < 1.29 is 0 Å². The van der Waals surface area contributed by atoms with Gasteiger partial charge in [0.2, 0.25) is 0 Å². The molecule has 0 saturated carbocycles. The first-order chi connectivity index (χ1) is 7.84. The average Bonchev–Trinajstić information content (AvgIpc) is 2.73. The Morgan fingerprint density at radius 3 is 2.88 bits per heavy atom. The molecule has 2 heteroatoms. The zero-order valence-electron chi connectivity index (χ0n) is 9.61. The minimum absolute atomic E-state index is 1.13. The van der Waals surface area contributed by atoms with Gasteiger partial charge in [0.15, 0.2) is 0 Å². The maximum absolute atomic E-state index is 4.74. The Kier molecular flexibility index (Phi) is 2.28. The smallest absolute Gasteiger partial charge is 0.109 e. The van der Waals surface area contributed by atoms with E-state index in [2.05, 4.69) is 42.0 Å². The molecule has 2 nitrogen and oxygen atoms in total. The summed E-state index contributed by atoms with van der Waals surface area (Å²) in [6.45, 7) is 3.28. The number of hydrogen-bond acceptors (Lipinski definition) is 1. The number of rotatable bonds is 1. The third-order valence-electron chi connectivity index (χ3n) is 3.33. The van der Waals surface area contributed by atoms with E-state index in [0.717, 1.165) is 18.7 Å². The van der Waals surface area contributed by atoms with Crippen LogP contribution in [0, 0.1) is 6.92 Å². The number of nitrogens with zero attached hydrogens (tertiary/aromatic N) is 2. The molecular weight excluding hydrogens is 196 g/mol. The van der Waals surface area contributed by atoms with E-state index in [0.29, 0.717) is 0 Å². The molecule has 2 heterocycles. The zero-order chi connectivity index (χ0) is 11.0. The van der Waals surface area contributed by atoms with Crippen LogP contribution < -0.4 is 0 Å². The van der Waals surface area contributed by atoms with Gasteiger partial charge in [-0.15, -0.1) is 0 Å². The van der Waals surface area contributed by atoms with Crippen LogP contribution in [0.25, 0.3) is 11.3 Å². The summed E-state index contributed by atoms with van der Waals surface area (Å²) < 4.78 is 2.31. The highest BCUT2D eigenvalue weighted by Crippen LogP contribution is 2.24. The monoisotopic (exact) mass is 212 g/mol. The summed E-state index contributed by atoms with van der Waals surface area (Å²) in [6, 6.07) is 8.47. The Hall–Kier alpha value is -1.57. The molecule has 0 fully saturated rings. The summed E-state index contributed by atoms with van der Waals surface area (Å²) in [5, 5.41) is 0. The fraction of sp³-hybridized carbons (Fsp3) is 0.357. The molecule has 1 aromatic carbocycles. The largest absolute Gasteiger partial charge is 0.334 e. The van der Waals surface area contributed by atoms with E-state index >= 15 is 0 Å². The van der Waals surface area contributed by atoms with Gasteiger partial charge in [0.1, 0.15) is 5.82 Å². The van der Waals surface area contributed by atoms with Crippen molar-refractivity contribution in [1.82, 2.24) is 9.55 Å². The Balaban J connectivity index is 2.07. The highest BCUT2D eigenvalue weighted by molar-refractivity contribution is 5.62. The van der Waals surface area contributed by atoms with Crippen molar-refractivity contribution in [2.75, 3.05) is 0 Å². The maximum Gasteiger partial charge on any atom is 0.109 e. The van der Waals surface area contributed by atoms with E-state index in [1.165, 1.54) is 29.8 Å². The van der Waals surface area contributed by atoms with Crippen molar-refractivity contribution >= 4 is 0 Å². The number of imidazole rings is 1. The molecule has 2 aromatic rings. The van der Waals surface area contributed by atoms with Crippen LogP contribution in [0.4, 0.5) is 0 Å². The summed E-state index contributed by atoms with van der Waals surface area (Å²) >= 11 is 0. The van der Waals surface area contributed by atoms with Gasteiger partial charge in [0.05, 0.1) is 5.69 Å². The number of aryl methyl sites for hydroxylation is 3. The Bertz CT molecular complexity index is 488. The fourth-order valence-corrected chi connectivity index (χ4v) is 2.40. The van der Waals surface area contributed by atoms with E-state index in [1.807, 2.05) is 0 Å². The van der Waals surface area contributed by atoms with Gasteiger partial charge in [0, 0.05) is 24.7 Å². The number of benzene rings is 1. The second kappa shape index (κ2) is 3.78. The summed E-state index contributed by atoms with van der Waals surface area (Å²) in [4.78, 5) is 4.74. The summed E-state index contributed by atoms with van der Waals surface area (Å²) in [5.74, 6) is 1.25. The molecule has 0 atom stereocenters. The summed E-state index contributed by atoms with van der Waals surface area (Å²) in [6.07, 6.45) is 5.91. The van der Waals surface area contributed by atoms with Crippen LogP contribution >= 0.6 is 0 Å². The quantitative estimate of drug-likeness (QED) is 0.709. The lowest BCUT2D eigenvalue weighted by molar-refractivity contribution is 0.522. The van der Waals surface area contributed by atoms with Gasteiger partial charge in [0.25, 0.3) is 0 Å². The van der Waals surface area contributed by atoms with Crippen molar-refractivity contribution in [2.24, 2.45) is 0 Å². The van der Waals surface area contributed by atoms with Gasteiger partial charge in [-0.05, 0) is 25.3 Å². The highest BCUT2D eigenvalue weighted by atomic mass is 15.1. The van der Waals surface area contributed by atoms with E-state index in [9.17, 15) is 0 Å². The summed E-state index contributed by atoms with van der Waals surface area (Å²) in [5.41, 5.74) is 3.71. The molecule has 0 aliphatic carbocycles. The molecule has 3 rings (SSSR count).